The fourth-order valence-electron chi connectivity index (χ4n) is 0.605. The number of amides is 1. The van der Waals surface area contributed by atoms with Gasteiger partial charge in [0, 0.05) is 6.54 Å². The molecule has 0 fully saturated rings. The fourth-order valence-corrected chi connectivity index (χ4v) is 0.605. The largest absolute Gasteiger partial charge is 0.392 e. The minimum Gasteiger partial charge on any atom is -0.392 e. The summed E-state index contributed by atoms with van der Waals surface area (Å²) in [6, 6.07) is 0. The molecule has 2 N–H and O–H groups in total. The number of rotatable bonds is 4. The molecular formula is C7H16N2O2. The summed E-state index contributed by atoms with van der Waals surface area (Å²) in [5.74, 6) is -0.0594. The van der Waals surface area contributed by atoms with Gasteiger partial charge in [-0.3, -0.25) is 4.79 Å². The lowest BCUT2D eigenvalue weighted by molar-refractivity contribution is -0.122. The molecule has 0 aromatic rings. The first-order valence-corrected chi connectivity index (χ1v) is 3.62. The number of carbonyl (C=O) groups is 1. The van der Waals surface area contributed by atoms with E-state index in [9.17, 15) is 4.79 Å². The predicted octanol–water partition coefficient (Wildman–Crippen LogP) is -0.955. The molecule has 4 heteroatoms. The van der Waals surface area contributed by atoms with Gasteiger partial charge in [0.15, 0.2) is 0 Å². The number of nitrogens with one attached hydrogen (secondary N) is 1. The van der Waals surface area contributed by atoms with Crippen molar-refractivity contribution in [3.8, 4) is 0 Å². The number of hydrogen-bond acceptors (Lipinski definition) is 3. The van der Waals surface area contributed by atoms with Gasteiger partial charge in [-0.25, -0.2) is 0 Å². The number of likely N-dealkylation sites (N-methyl/N-ethyl adjacent to an activating group) is 1. The Kier molecular flexibility index (Phi) is 4.81. The molecule has 66 valence electrons. The maximum absolute atomic E-state index is 10.9. The number of aliphatic hydroxyl groups excluding tert-OH is 1. The van der Waals surface area contributed by atoms with Gasteiger partial charge in [0.05, 0.1) is 12.6 Å². The van der Waals surface area contributed by atoms with Crippen LogP contribution in [-0.4, -0.2) is 49.2 Å². The smallest absolute Gasteiger partial charge is 0.234 e. The topological polar surface area (TPSA) is 52.6 Å². The SMILES string of the molecule is C[C@@H](O)CNC(=O)CN(C)C. The molecule has 0 saturated heterocycles. The summed E-state index contributed by atoms with van der Waals surface area (Å²) >= 11 is 0. The van der Waals surface area contributed by atoms with E-state index in [1.165, 1.54) is 0 Å². The molecule has 4 nitrogen and oxygen atoms in total. The second-order valence-electron chi connectivity index (χ2n) is 2.89. The molecular weight excluding hydrogens is 144 g/mol. The summed E-state index contributed by atoms with van der Waals surface area (Å²) in [5.41, 5.74) is 0. The molecule has 1 amide bonds. The maximum Gasteiger partial charge on any atom is 0.234 e. The van der Waals surface area contributed by atoms with E-state index in [4.69, 9.17) is 5.11 Å². The average Bonchev–Trinajstić information content (AvgIpc) is 1.82. The zero-order valence-corrected chi connectivity index (χ0v) is 7.29. The van der Waals surface area contributed by atoms with Gasteiger partial charge in [0.25, 0.3) is 0 Å². The summed E-state index contributed by atoms with van der Waals surface area (Å²) in [7, 11) is 3.64. The molecule has 0 bridgehead atoms. The Labute approximate surface area is 67.2 Å². The normalized spacial score (nSPS) is 13.2. The number of hydrogen-bond donors (Lipinski definition) is 2. The Morgan fingerprint density at radius 3 is 2.55 bits per heavy atom. The first-order chi connectivity index (χ1) is 5.02. The summed E-state index contributed by atoms with van der Waals surface area (Å²) in [5, 5.41) is 11.4. The third-order valence-corrected chi connectivity index (χ3v) is 1.05. The van der Waals surface area contributed by atoms with E-state index in [1.807, 2.05) is 14.1 Å². The molecule has 0 aliphatic rings. The Morgan fingerprint density at radius 1 is 1.64 bits per heavy atom. The zero-order chi connectivity index (χ0) is 8.85. The molecule has 0 unspecified atom stereocenters. The highest BCUT2D eigenvalue weighted by Gasteiger charge is 2.02. The molecule has 0 aromatic heterocycles. The Bertz CT molecular complexity index is 124. The molecule has 1 atom stereocenters. The molecule has 11 heavy (non-hydrogen) atoms. The van der Waals surface area contributed by atoms with Crippen LogP contribution in [0.5, 0.6) is 0 Å². The monoisotopic (exact) mass is 160 g/mol. The Hall–Kier alpha value is -0.610. The number of aliphatic hydroxyl groups is 1. The van der Waals surface area contributed by atoms with E-state index >= 15 is 0 Å². The van der Waals surface area contributed by atoms with Crippen molar-refractivity contribution in [1.82, 2.24) is 10.2 Å². The number of nitrogens with zero attached hydrogens (tertiary/aromatic N) is 1. The van der Waals surface area contributed by atoms with Gasteiger partial charge in [0.2, 0.25) is 5.91 Å². The van der Waals surface area contributed by atoms with Crippen LogP contribution >= 0.6 is 0 Å². The average molecular weight is 160 g/mol. The molecule has 0 aliphatic carbocycles. The lowest BCUT2D eigenvalue weighted by atomic mass is 10.4. The molecule has 0 spiro atoms. The quantitative estimate of drug-likeness (QED) is 0.557. The maximum atomic E-state index is 10.9. The van der Waals surface area contributed by atoms with E-state index in [-0.39, 0.29) is 5.91 Å². The van der Waals surface area contributed by atoms with Crippen LogP contribution in [0.15, 0.2) is 0 Å². The summed E-state index contributed by atoms with van der Waals surface area (Å²) in [4.78, 5) is 12.7. The zero-order valence-electron chi connectivity index (χ0n) is 7.29. The van der Waals surface area contributed by atoms with E-state index in [2.05, 4.69) is 5.32 Å². The molecule has 0 rings (SSSR count). The second-order valence-corrected chi connectivity index (χ2v) is 2.89. The van der Waals surface area contributed by atoms with Gasteiger partial charge in [-0.15, -0.1) is 0 Å². The van der Waals surface area contributed by atoms with Crippen LogP contribution in [-0.2, 0) is 4.79 Å². The third-order valence-electron chi connectivity index (χ3n) is 1.05. The van der Waals surface area contributed by atoms with Crippen LogP contribution in [0.4, 0.5) is 0 Å². The van der Waals surface area contributed by atoms with Crippen LogP contribution in [0.2, 0.25) is 0 Å². The van der Waals surface area contributed by atoms with Crippen LogP contribution in [0.3, 0.4) is 0 Å². The minimum atomic E-state index is -0.471. The van der Waals surface area contributed by atoms with Crippen molar-refractivity contribution in [2.24, 2.45) is 0 Å². The molecule has 0 radical (unpaired) electrons. The number of carbonyl (C=O) groups excluding carboxylic acids is 1. The van der Waals surface area contributed by atoms with Crippen molar-refractivity contribution >= 4 is 5.91 Å². The van der Waals surface area contributed by atoms with Crippen molar-refractivity contribution in [3.05, 3.63) is 0 Å². The highest BCUT2D eigenvalue weighted by Crippen LogP contribution is 1.77. The lowest BCUT2D eigenvalue weighted by Crippen LogP contribution is -2.36. The van der Waals surface area contributed by atoms with Crippen molar-refractivity contribution < 1.29 is 9.90 Å². The van der Waals surface area contributed by atoms with Crippen molar-refractivity contribution in [2.75, 3.05) is 27.2 Å². The predicted molar refractivity (Wildman–Crippen MR) is 43.2 cm³/mol. The van der Waals surface area contributed by atoms with Gasteiger partial charge in [0.1, 0.15) is 0 Å². The third kappa shape index (κ3) is 7.29. The Balaban J connectivity index is 3.38. The Morgan fingerprint density at radius 2 is 2.18 bits per heavy atom. The highest BCUT2D eigenvalue weighted by molar-refractivity contribution is 5.77. The second kappa shape index (κ2) is 5.09. The first kappa shape index (κ1) is 10.4. The van der Waals surface area contributed by atoms with Crippen molar-refractivity contribution in [3.63, 3.8) is 0 Å². The summed E-state index contributed by atoms with van der Waals surface area (Å²) in [6.45, 7) is 2.33. The molecule has 0 heterocycles. The van der Waals surface area contributed by atoms with Gasteiger partial charge >= 0.3 is 0 Å². The first-order valence-electron chi connectivity index (χ1n) is 3.62. The van der Waals surface area contributed by atoms with Gasteiger partial charge in [-0.2, -0.15) is 0 Å². The van der Waals surface area contributed by atoms with Crippen molar-refractivity contribution in [2.45, 2.75) is 13.0 Å². The molecule has 0 aliphatic heterocycles. The van der Waals surface area contributed by atoms with Crippen molar-refractivity contribution in [1.29, 1.82) is 0 Å². The van der Waals surface area contributed by atoms with Gasteiger partial charge in [-0.1, -0.05) is 0 Å². The summed E-state index contributed by atoms with van der Waals surface area (Å²) < 4.78 is 0. The van der Waals surface area contributed by atoms with Crippen LogP contribution in [0.25, 0.3) is 0 Å². The minimum absolute atomic E-state index is 0.0594. The highest BCUT2D eigenvalue weighted by atomic mass is 16.3. The van der Waals surface area contributed by atoms with Crippen LogP contribution in [0, 0.1) is 0 Å². The van der Waals surface area contributed by atoms with Crippen LogP contribution in [0.1, 0.15) is 6.92 Å². The van der Waals surface area contributed by atoms with E-state index in [0.29, 0.717) is 13.1 Å². The lowest BCUT2D eigenvalue weighted by Gasteiger charge is -2.10. The van der Waals surface area contributed by atoms with E-state index in [0.717, 1.165) is 0 Å². The standard InChI is InChI=1S/C7H16N2O2/c1-6(10)4-8-7(11)5-9(2)3/h6,10H,4-5H2,1-3H3,(H,8,11)/t6-/m1/s1. The van der Waals surface area contributed by atoms with Gasteiger partial charge < -0.3 is 15.3 Å². The van der Waals surface area contributed by atoms with E-state index < -0.39 is 6.10 Å². The molecule has 0 saturated carbocycles. The van der Waals surface area contributed by atoms with Gasteiger partial charge in [-0.05, 0) is 21.0 Å². The summed E-state index contributed by atoms with van der Waals surface area (Å²) in [6.07, 6.45) is -0.471. The van der Waals surface area contributed by atoms with E-state index in [1.54, 1.807) is 11.8 Å². The molecule has 0 aromatic carbocycles. The fraction of sp³-hybridized carbons (Fsp3) is 0.857. The van der Waals surface area contributed by atoms with Crippen LogP contribution < -0.4 is 5.32 Å².